The number of ether oxygens (including phenoxy) is 1. The number of hydrogen-bond acceptors (Lipinski definition) is 3. The van der Waals surface area contributed by atoms with Crippen LogP contribution in [-0.4, -0.2) is 12.5 Å². The van der Waals surface area contributed by atoms with Crippen LogP contribution in [0.1, 0.15) is 10.4 Å². The Balaban J connectivity index is 2.22. The van der Waals surface area contributed by atoms with E-state index in [1.807, 2.05) is 6.07 Å². The Bertz CT molecular complexity index is 713. The summed E-state index contributed by atoms with van der Waals surface area (Å²) in [6.07, 6.45) is 0. The molecule has 2 aromatic rings. The second kappa shape index (κ2) is 7.11. The number of carbonyl (C=O) groups excluding carboxylic acids is 1. The van der Waals surface area contributed by atoms with E-state index in [2.05, 4.69) is 21.2 Å². The molecule has 0 atom stereocenters. The summed E-state index contributed by atoms with van der Waals surface area (Å²) in [5, 5.41) is 11.8. The maximum absolute atomic E-state index is 12.3. The molecule has 0 unspecified atom stereocenters. The smallest absolute Gasteiger partial charge is 0.256 e. The molecule has 1 amide bonds. The third-order valence-corrected chi connectivity index (χ3v) is 3.49. The van der Waals surface area contributed by atoms with Gasteiger partial charge in [0.2, 0.25) is 0 Å². The molecule has 0 aliphatic heterocycles. The number of halogens is 2. The van der Waals surface area contributed by atoms with Gasteiger partial charge in [-0.1, -0.05) is 23.7 Å². The Morgan fingerprint density at radius 3 is 2.81 bits per heavy atom. The largest absolute Gasteiger partial charge is 0.477 e. The summed E-state index contributed by atoms with van der Waals surface area (Å²) in [6, 6.07) is 13.7. The van der Waals surface area contributed by atoms with Crippen LogP contribution in [0.2, 0.25) is 5.02 Å². The molecule has 2 aromatic carbocycles. The summed E-state index contributed by atoms with van der Waals surface area (Å²) in [5.74, 6) is 0.143. The minimum atomic E-state index is -0.299. The fourth-order valence-electron chi connectivity index (χ4n) is 1.67. The third-order valence-electron chi connectivity index (χ3n) is 2.60. The fourth-order valence-corrected chi connectivity index (χ4v) is 2.53. The summed E-state index contributed by atoms with van der Waals surface area (Å²) in [5.41, 5.74) is 0.953. The van der Waals surface area contributed by atoms with Gasteiger partial charge in [0.1, 0.15) is 11.8 Å². The first-order valence-electron chi connectivity index (χ1n) is 5.97. The number of nitrogens with zero attached hydrogens (tertiary/aromatic N) is 1. The summed E-state index contributed by atoms with van der Waals surface area (Å²) in [7, 11) is 0. The molecular formula is C15H10BrClN2O2. The van der Waals surface area contributed by atoms with Gasteiger partial charge < -0.3 is 10.1 Å². The molecule has 0 aliphatic rings. The molecule has 0 aliphatic carbocycles. The van der Waals surface area contributed by atoms with Crippen molar-refractivity contribution in [1.29, 1.82) is 5.26 Å². The fraction of sp³-hybridized carbons (Fsp3) is 0.0667. The minimum absolute atomic E-state index is 0.0858. The van der Waals surface area contributed by atoms with E-state index in [1.54, 1.807) is 42.5 Å². The van der Waals surface area contributed by atoms with Gasteiger partial charge in [-0.25, -0.2) is 0 Å². The van der Waals surface area contributed by atoms with Crippen LogP contribution in [0, 0.1) is 11.3 Å². The van der Waals surface area contributed by atoms with Crippen molar-refractivity contribution in [3.05, 3.63) is 57.5 Å². The lowest BCUT2D eigenvalue weighted by molar-refractivity contribution is 0.102. The van der Waals surface area contributed by atoms with Crippen molar-refractivity contribution in [1.82, 2.24) is 0 Å². The van der Waals surface area contributed by atoms with Crippen molar-refractivity contribution in [3.63, 3.8) is 0 Å². The van der Waals surface area contributed by atoms with Crippen molar-refractivity contribution in [2.75, 3.05) is 11.9 Å². The molecule has 1 N–H and O–H groups in total. The zero-order chi connectivity index (χ0) is 15.2. The number of nitrogens with one attached hydrogen (secondary N) is 1. The molecule has 0 heterocycles. The van der Waals surface area contributed by atoms with Gasteiger partial charge >= 0.3 is 0 Å². The quantitative estimate of drug-likeness (QED) is 0.880. The highest BCUT2D eigenvalue weighted by atomic mass is 79.9. The van der Waals surface area contributed by atoms with Gasteiger partial charge in [0.25, 0.3) is 5.91 Å². The van der Waals surface area contributed by atoms with E-state index in [9.17, 15) is 4.79 Å². The van der Waals surface area contributed by atoms with E-state index in [1.165, 1.54) is 0 Å². The van der Waals surface area contributed by atoms with Gasteiger partial charge in [0.15, 0.2) is 6.61 Å². The maximum atomic E-state index is 12.3. The first-order valence-corrected chi connectivity index (χ1v) is 7.14. The van der Waals surface area contributed by atoms with Crippen molar-refractivity contribution in [2.45, 2.75) is 0 Å². The molecule has 6 heteroatoms. The second-order valence-electron chi connectivity index (χ2n) is 4.02. The molecule has 21 heavy (non-hydrogen) atoms. The number of para-hydroxylation sites is 2. The summed E-state index contributed by atoms with van der Waals surface area (Å²) in [6.45, 7) is -0.0858. The topological polar surface area (TPSA) is 62.1 Å². The second-order valence-corrected chi connectivity index (χ2v) is 5.31. The van der Waals surface area contributed by atoms with Crippen molar-refractivity contribution >= 4 is 39.1 Å². The lowest BCUT2D eigenvalue weighted by Crippen LogP contribution is -2.13. The number of rotatable bonds is 4. The molecule has 0 spiro atoms. The molecule has 0 fully saturated rings. The highest BCUT2D eigenvalue weighted by molar-refractivity contribution is 9.10. The molecule has 0 saturated carbocycles. The molecule has 0 radical (unpaired) electrons. The molecule has 0 aromatic heterocycles. The van der Waals surface area contributed by atoms with Gasteiger partial charge in [0, 0.05) is 9.50 Å². The van der Waals surface area contributed by atoms with Crippen molar-refractivity contribution in [2.24, 2.45) is 0 Å². The van der Waals surface area contributed by atoms with E-state index in [0.29, 0.717) is 26.5 Å². The highest BCUT2D eigenvalue weighted by Gasteiger charge is 2.13. The number of anilines is 1. The summed E-state index contributed by atoms with van der Waals surface area (Å²) in [4.78, 5) is 12.3. The Labute approximate surface area is 135 Å². The van der Waals surface area contributed by atoms with Gasteiger partial charge in [-0.3, -0.25) is 4.79 Å². The lowest BCUT2D eigenvalue weighted by atomic mass is 10.2. The Morgan fingerprint density at radius 1 is 1.33 bits per heavy atom. The third kappa shape index (κ3) is 3.97. The number of amides is 1. The van der Waals surface area contributed by atoms with Gasteiger partial charge in [-0.2, -0.15) is 5.26 Å². The predicted molar refractivity (Wildman–Crippen MR) is 84.7 cm³/mol. The normalized spacial score (nSPS) is 9.76. The number of carbonyl (C=O) groups is 1. The van der Waals surface area contributed by atoms with E-state index in [-0.39, 0.29) is 12.5 Å². The SMILES string of the molecule is N#CCOc1ccccc1NC(=O)c1ccc(Cl)cc1Br. The number of benzene rings is 2. The van der Waals surface area contributed by atoms with Gasteiger partial charge in [-0.05, 0) is 46.3 Å². The van der Waals surface area contributed by atoms with Crippen LogP contribution >= 0.6 is 27.5 Å². The van der Waals surface area contributed by atoms with Gasteiger partial charge in [-0.15, -0.1) is 0 Å². The number of nitriles is 1. The van der Waals surface area contributed by atoms with Crippen LogP contribution in [0.15, 0.2) is 46.9 Å². The van der Waals surface area contributed by atoms with E-state index in [0.717, 1.165) is 0 Å². The molecule has 0 bridgehead atoms. The zero-order valence-corrected chi connectivity index (χ0v) is 13.1. The van der Waals surface area contributed by atoms with E-state index < -0.39 is 0 Å². The summed E-state index contributed by atoms with van der Waals surface area (Å²) < 4.78 is 5.86. The van der Waals surface area contributed by atoms with Crippen LogP contribution in [-0.2, 0) is 0 Å². The minimum Gasteiger partial charge on any atom is -0.477 e. The average Bonchev–Trinajstić information content (AvgIpc) is 2.46. The predicted octanol–water partition coefficient (Wildman–Crippen LogP) is 4.26. The average molecular weight is 366 g/mol. The van der Waals surface area contributed by atoms with Crippen LogP contribution in [0.5, 0.6) is 5.75 Å². The Morgan fingerprint density at radius 2 is 2.10 bits per heavy atom. The van der Waals surface area contributed by atoms with Gasteiger partial charge in [0.05, 0.1) is 11.3 Å². The van der Waals surface area contributed by atoms with E-state index >= 15 is 0 Å². The van der Waals surface area contributed by atoms with E-state index in [4.69, 9.17) is 21.6 Å². The first kappa shape index (κ1) is 15.4. The first-order chi connectivity index (χ1) is 10.1. The molecular weight excluding hydrogens is 356 g/mol. The molecule has 0 saturated heterocycles. The molecule has 4 nitrogen and oxygen atoms in total. The van der Waals surface area contributed by atoms with Crippen LogP contribution in [0.25, 0.3) is 0 Å². The lowest BCUT2D eigenvalue weighted by Gasteiger charge is -2.11. The van der Waals surface area contributed by atoms with Crippen LogP contribution in [0.4, 0.5) is 5.69 Å². The Kier molecular flexibility index (Phi) is 5.20. The monoisotopic (exact) mass is 364 g/mol. The van der Waals surface area contributed by atoms with Crippen molar-refractivity contribution in [3.8, 4) is 11.8 Å². The zero-order valence-electron chi connectivity index (χ0n) is 10.8. The van der Waals surface area contributed by atoms with Crippen LogP contribution < -0.4 is 10.1 Å². The van der Waals surface area contributed by atoms with Crippen LogP contribution in [0.3, 0.4) is 0 Å². The Hall–Kier alpha value is -2.03. The van der Waals surface area contributed by atoms with Crippen molar-refractivity contribution < 1.29 is 9.53 Å². The molecule has 106 valence electrons. The number of hydrogen-bond donors (Lipinski definition) is 1. The standard InChI is InChI=1S/C15H10BrClN2O2/c16-12-9-10(17)5-6-11(12)15(20)19-13-3-1-2-4-14(13)21-8-7-18/h1-6,9H,8H2,(H,19,20). The molecule has 2 rings (SSSR count). The maximum Gasteiger partial charge on any atom is 0.256 e. The highest BCUT2D eigenvalue weighted by Crippen LogP contribution is 2.26. The summed E-state index contributed by atoms with van der Waals surface area (Å²) >= 11 is 9.15.